The highest BCUT2D eigenvalue weighted by Gasteiger charge is 2.36. The molecule has 0 aliphatic carbocycles. The first-order valence-electron chi connectivity index (χ1n) is 9.32. The number of imidazole rings is 1. The summed E-state index contributed by atoms with van der Waals surface area (Å²) in [5.41, 5.74) is 0.450. The number of hydrogen-bond donors (Lipinski definition) is 1. The Kier molecular flexibility index (Phi) is 6.42. The molecule has 5 nitrogen and oxygen atoms in total. The van der Waals surface area contributed by atoms with Crippen molar-refractivity contribution in [2.45, 2.75) is 44.6 Å². The Morgan fingerprint density at radius 3 is 2.73 bits per heavy atom. The Balaban J connectivity index is 2.08. The molecule has 0 radical (unpaired) electrons. The number of alkyl halides is 5. The highest BCUT2D eigenvalue weighted by atomic mass is 19.4. The zero-order chi connectivity index (χ0) is 21.9. The molecular weight excluding hydrogens is 407 g/mol. The first kappa shape index (κ1) is 21.8. The largest absolute Gasteiger partial charge is 0.416 e. The number of aromatic amines is 1. The molecule has 30 heavy (non-hydrogen) atoms. The second-order valence-electron chi connectivity index (χ2n) is 7.09. The van der Waals surface area contributed by atoms with Crippen LogP contribution >= 0.6 is 0 Å². The van der Waals surface area contributed by atoms with Crippen molar-refractivity contribution in [3.63, 3.8) is 0 Å². The number of hydrogen-bond acceptors (Lipinski definition) is 3. The third-order valence-electron chi connectivity index (χ3n) is 5.05. The molecule has 1 aliphatic heterocycles. The molecule has 0 spiro atoms. The van der Waals surface area contributed by atoms with Crippen molar-refractivity contribution in [3.8, 4) is 0 Å². The number of halogens is 5. The zero-order valence-electron chi connectivity index (χ0n) is 16.0. The number of amides is 1. The van der Waals surface area contributed by atoms with Crippen LogP contribution in [-0.2, 0) is 24.1 Å². The van der Waals surface area contributed by atoms with Gasteiger partial charge in [-0.05, 0) is 36.6 Å². The van der Waals surface area contributed by atoms with Crippen LogP contribution in [0.4, 0.5) is 27.6 Å². The minimum atomic E-state index is -4.59. The zero-order valence-corrected chi connectivity index (χ0v) is 16.0. The van der Waals surface area contributed by atoms with Crippen LogP contribution in [0.25, 0.3) is 0 Å². The second kappa shape index (κ2) is 8.85. The lowest BCUT2D eigenvalue weighted by atomic mass is 10.0. The third kappa shape index (κ3) is 4.80. The molecule has 1 aromatic heterocycles. The fraction of sp³-hybridized carbons (Fsp3) is 0.400. The molecule has 0 bridgehead atoms. The minimum Gasteiger partial charge on any atom is -0.361 e. The molecule has 2 aromatic rings. The van der Waals surface area contributed by atoms with Crippen molar-refractivity contribution in [1.29, 1.82) is 0 Å². The molecule has 1 aliphatic rings. The van der Waals surface area contributed by atoms with Gasteiger partial charge in [-0.2, -0.15) is 22.0 Å². The molecule has 162 valence electrons. The van der Waals surface area contributed by atoms with Crippen LogP contribution in [0.2, 0.25) is 0 Å². The average molecular weight is 428 g/mol. The van der Waals surface area contributed by atoms with Crippen molar-refractivity contribution in [1.82, 2.24) is 14.9 Å². The van der Waals surface area contributed by atoms with Crippen molar-refractivity contribution in [3.05, 3.63) is 60.2 Å². The van der Waals surface area contributed by atoms with E-state index in [4.69, 9.17) is 0 Å². The number of fused-ring (bicyclic) bond motifs is 1. The van der Waals surface area contributed by atoms with E-state index in [-0.39, 0.29) is 25.2 Å². The Hall–Kier alpha value is -2.91. The standard InChI is InChI=1S/C20H21F5N4O/c1-2-3-4-16-11-28(19(30)18(21)22)9-13-7-14(20(23,24)25)5-6-17(13)29(16)10-15-8-26-12-27-15/h2,5-8,12,16,18H,1,3-4,9-11H2,(H,26,27). The van der Waals surface area contributed by atoms with Gasteiger partial charge in [0.1, 0.15) is 0 Å². The van der Waals surface area contributed by atoms with Gasteiger partial charge in [0.25, 0.3) is 5.91 Å². The molecule has 3 rings (SSSR count). The molecular formula is C20H21F5N4O. The maximum atomic E-state index is 13.3. The van der Waals surface area contributed by atoms with Gasteiger partial charge in [0.15, 0.2) is 0 Å². The number of allylic oxidation sites excluding steroid dienone is 1. The summed E-state index contributed by atoms with van der Waals surface area (Å²) >= 11 is 0. The van der Waals surface area contributed by atoms with E-state index >= 15 is 0 Å². The fourth-order valence-electron chi connectivity index (χ4n) is 3.62. The average Bonchev–Trinajstić information content (AvgIpc) is 3.15. The highest BCUT2D eigenvalue weighted by Crippen LogP contribution is 2.36. The Bertz CT molecular complexity index is 882. The quantitative estimate of drug-likeness (QED) is 0.549. The Morgan fingerprint density at radius 2 is 2.13 bits per heavy atom. The molecule has 0 saturated carbocycles. The van der Waals surface area contributed by atoms with E-state index in [9.17, 15) is 26.7 Å². The molecule has 10 heteroatoms. The van der Waals surface area contributed by atoms with Crippen LogP contribution in [0, 0.1) is 0 Å². The number of carbonyl (C=O) groups is 1. The SMILES string of the molecule is C=CCCC1CN(C(=O)C(F)F)Cc2cc(C(F)(F)F)ccc2N1Cc1cnc[nH]1. The monoisotopic (exact) mass is 428 g/mol. The van der Waals surface area contributed by atoms with E-state index < -0.39 is 30.1 Å². The normalized spacial score (nSPS) is 17.1. The Labute approximate surface area is 170 Å². The lowest BCUT2D eigenvalue weighted by molar-refractivity contribution is -0.143. The van der Waals surface area contributed by atoms with Crippen molar-refractivity contribution in [2.75, 3.05) is 11.4 Å². The van der Waals surface area contributed by atoms with Gasteiger partial charge in [-0.1, -0.05) is 6.08 Å². The van der Waals surface area contributed by atoms with Gasteiger partial charge >= 0.3 is 12.6 Å². The first-order chi connectivity index (χ1) is 14.2. The third-order valence-corrected chi connectivity index (χ3v) is 5.05. The number of rotatable bonds is 6. The van der Waals surface area contributed by atoms with Crippen LogP contribution in [0.1, 0.15) is 29.7 Å². The predicted octanol–water partition coefficient (Wildman–Crippen LogP) is 4.38. The Morgan fingerprint density at radius 1 is 1.37 bits per heavy atom. The van der Waals surface area contributed by atoms with Crippen molar-refractivity contribution < 1.29 is 26.7 Å². The summed E-state index contributed by atoms with van der Waals surface area (Å²) in [5.74, 6) is -1.40. The maximum Gasteiger partial charge on any atom is 0.416 e. The predicted molar refractivity (Wildman–Crippen MR) is 101 cm³/mol. The van der Waals surface area contributed by atoms with Gasteiger partial charge in [-0.15, -0.1) is 6.58 Å². The van der Waals surface area contributed by atoms with Gasteiger partial charge in [0, 0.05) is 31.0 Å². The van der Waals surface area contributed by atoms with Crippen molar-refractivity contribution in [2.24, 2.45) is 0 Å². The summed E-state index contributed by atoms with van der Waals surface area (Å²) in [4.78, 5) is 21.8. The number of benzene rings is 1. The summed E-state index contributed by atoms with van der Waals surface area (Å²) in [6.07, 6.45) is -2.05. The summed E-state index contributed by atoms with van der Waals surface area (Å²) in [7, 11) is 0. The maximum absolute atomic E-state index is 13.3. The molecule has 1 aromatic carbocycles. The van der Waals surface area contributed by atoms with Crippen LogP contribution in [0.5, 0.6) is 0 Å². The first-order valence-corrected chi connectivity index (χ1v) is 9.32. The number of nitrogens with zero attached hydrogens (tertiary/aromatic N) is 3. The van der Waals surface area contributed by atoms with Gasteiger partial charge in [-0.25, -0.2) is 4.98 Å². The molecule has 0 saturated heterocycles. The van der Waals surface area contributed by atoms with Gasteiger partial charge < -0.3 is 14.8 Å². The van der Waals surface area contributed by atoms with E-state index in [1.165, 1.54) is 12.4 Å². The van der Waals surface area contributed by atoms with E-state index in [0.717, 1.165) is 17.0 Å². The van der Waals surface area contributed by atoms with Crippen molar-refractivity contribution >= 4 is 11.6 Å². The van der Waals surface area contributed by atoms with Gasteiger partial charge in [0.2, 0.25) is 0 Å². The topological polar surface area (TPSA) is 52.2 Å². The number of H-pyrrole nitrogens is 1. The number of nitrogens with one attached hydrogen (secondary N) is 1. The number of carbonyl (C=O) groups excluding carboxylic acids is 1. The number of anilines is 1. The van der Waals surface area contributed by atoms with E-state index in [2.05, 4.69) is 16.5 Å². The summed E-state index contributed by atoms with van der Waals surface area (Å²) in [6, 6.07) is 2.84. The molecule has 1 unspecified atom stereocenters. The van der Waals surface area contributed by atoms with E-state index in [0.29, 0.717) is 24.2 Å². The lowest BCUT2D eigenvalue weighted by Gasteiger charge is -2.34. The van der Waals surface area contributed by atoms with Crippen LogP contribution in [-0.4, -0.2) is 39.8 Å². The smallest absolute Gasteiger partial charge is 0.361 e. The van der Waals surface area contributed by atoms with Crippen LogP contribution < -0.4 is 4.90 Å². The molecule has 1 atom stereocenters. The summed E-state index contributed by atoms with van der Waals surface area (Å²) in [6.45, 7) is 3.58. The molecule has 1 N–H and O–H groups in total. The van der Waals surface area contributed by atoms with Gasteiger partial charge in [-0.3, -0.25) is 4.79 Å². The highest BCUT2D eigenvalue weighted by molar-refractivity contribution is 5.80. The summed E-state index contributed by atoms with van der Waals surface area (Å²) in [5, 5.41) is 0. The number of aromatic nitrogens is 2. The minimum absolute atomic E-state index is 0.0405. The van der Waals surface area contributed by atoms with Crippen LogP contribution in [0.15, 0.2) is 43.4 Å². The van der Waals surface area contributed by atoms with Gasteiger partial charge in [0.05, 0.1) is 24.1 Å². The molecule has 0 fully saturated rings. The summed E-state index contributed by atoms with van der Waals surface area (Å²) < 4.78 is 66.1. The lowest BCUT2D eigenvalue weighted by Crippen LogP contribution is -2.45. The molecule has 1 amide bonds. The fourth-order valence-corrected chi connectivity index (χ4v) is 3.62. The van der Waals surface area contributed by atoms with E-state index in [1.54, 1.807) is 12.3 Å². The second-order valence-corrected chi connectivity index (χ2v) is 7.09. The van der Waals surface area contributed by atoms with E-state index in [1.807, 2.05) is 4.90 Å². The molecule has 2 heterocycles. The van der Waals surface area contributed by atoms with Crippen LogP contribution in [0.3, 0.4) is 0 Å².